The van der Waals surface area contributed by atoms with Crippen LogP contribution in [0.2, 0.25) is 0 Å². The van der Waals surface area contributed by atoms with Crippen molar-refractivity contribution in [2.75, 3.05) is 10.6 Å². The number of carbonyl (C=O) groups is 1. The lowest BCUT2D eigenvalue weighted by Gasteiger charge is -2.11. The highest BCUT2D eigenvalue weighted by Crippen LogP contribution is 2.21. The van der Waals surface area contributed by atoms with Crippen molar-refractivity contribution in [2.24, 2.45) is 5.73 Å². The van der Waals surface area contributed by atoms with Gasteiger partial charge >= 0.3 is 6.03 Å². The maximum Gasteiger partial charge on any atom is 0.323 e. The monoisotopic (exact) mass is 333 g/mol. The highest BCUT2D eigenvalue weighted by Gasteiger charge is 2.06. The number of anilines is 2. The number of amides is 2. The molecule has 4 N–H and O–H groups in total. The van der Waals surface area contributed by atoms with Gasteiger partial charge in [-0.05, 0) is 52.7 Å². The molecule has 0 spiro atoms. The molecule has 0 saturated carbocycles. The minimum Gasteiger partial charge on any atom is -0.324 e. The summed E-state index contributed by atoms with van der Waals surface area (Å²) in [7, 11) is 0. The van der Waals surface area contributed by atoms with Crippen molar-refractivity contribution >= 4 is 33.3 Å². The number of rotatable bonds is 3. The van der Waals surface area contributed by atoms with Crippen LogP contribution in [0.1, 0.15) is 18.5 Å². The van der Waals surface area contributed by atoms with Crippen LogP contribution in [-0.4, -0.2) is 6.03 Å². The van der Waals surface area contributed by atoms with Gasteiger partial charge < -0.3 is 16.4 Å². The van der Waals surface area contributed by atoms with Gasteiger partial charge in [-0.25, -0.2) is 4.79 Å². The van der Waals surface area contributed by atoms with Crippen LogP contribution in [-0.2, 0) is 0 Å². The predicted molar refractivity (Wildman–Crippen MR) is 85.8 cm³/mol. The van der Waals surface area contributed by atoms with E-state index in [1.807, 2.05) is 55.5 Å². The Balaban J connectivity index is 2.05. The van der Waals surface area contributed by atoms with Gasteiger partial charge in [0, 0.05) is 16.2 Å². The van der Waals surface area contributed by atoms with Gasteiger partial charge in [-0.15, -0.1) is 0 Å². The molecule has 0 heterocycles. The molecule has 0 bridgehead atoms. The fraction of sp³-hybridized carbons (Fsp3) is 0.133. The summed E-state index contributed by atoms with van der Waals surface area (Å²) in [5.74, 6) is 0. The molecule has 0 aromatic heterocycles. The summed E-state index contributed by atoms with van der Waals surface area (Å²) in [6.07, 6.45) is 0. The predicted octanol–water partition coefficient (Wildman–Crippen LogP) is 4.11. The van der Waals surface area contributed by atoms with Crippen molar-refractivity contribution in [3.8, 4) is 0 Å². The third-order valence-corrected chi connectivity index (χ3v) is 3.48. The van der Waals surface area contributed by atoms with Gasteiger partial charge in [-0.2, -0.15) is 0 Å². The summed E-state index contributed by atoms with van der Waals surface area (Å²) >= 11 is 3.38. The molecule has 0 radical (unpaired) electrons. The van der Waals surface area contributed by atoms with E-state index in [0.29, 0.717) is 11.4 Å². The molecule has 104 valence electrons. The number of hydrogen-bond donors (Lipinski definition) is 3. The summed E-state index contributed by atoms with van der Waals surface area (Å²) < 4.78 is 0.833. The molecule has 5 heteroatoms. The highest BCUT2D eigenvalue weighted by molar-refractivity contribution is 9.10. The van der Waals surface area contributed by atoms with Crippen molar-refractivity contribution in [3.05, 3.63) is 58.6 Å². The van der Waals surface area contributed by atoms with Gasteiger partial charge in [0.1, 0.15) is 0 Å². The molecule has 2 rings (SSSR count). The van der Waals surface area contributed by atoms with E-state index in [9.17, 15) is 4.79 Å². The summed E-state index contributed by atoms with van der Waals surface area (Å²) in [4.78, 5) is 11.9. The largest absolute Gasteiger partial charge is 0.324 e. The first-order valence-electron chi connectivity index (χ1n) is 6.24. The van der Waals surface area contributed by atoms with E-state index in [1.54, 1.807) is 0 Å². The molecule has 2 aromatic carbocycles. The zero-order valence-corrected chi connectivity index (χ0v) is 12.6. The Morgan fingerprint density at radius 2 is 1.90 bits per heavy atom. The van der Waals surface area contributed by atoms with Crippen molar-refractivity contribution < 1.29 is 4.79 Å². The lowest BCUT2D eigenvalue weighted by Crippen LogP contribution is -2.19. The number of benzene rings is 2. The standard InChI is InChI=1S/C15H16BrN3O/c1-10(17)11-5-4-6-12(9-11)18-15(20)19-14-8-3-2-7-13(14)16/h2-10H,17H2,1H3,(H2,18,19,20). The average Bonchev–Trinajstić information content (AvgIpc) is 2.41. The van der Waals surface area contributed by atoms with Gasteiger partial charge in [0.05, 0.1) is 5.69 Å². The third kappa shape index (κ3) is 3.82. The Morgan fingerprint density at radius 1 is 1.15 bits per heavy atom. The average molecular weight is 334 g/mol. The number of nitrogens with two attached hydrogens (primary N) is 1. The van der Waals surface area contributed by atoms with E-state index < -0.39 is 0 Å². The lowest BCUT2D eigenvalue weighted by molar-refractivity contribution is 0.262. The van der Waals surface area contributed by atoms with Gasteiger partial charge in [0.25, 0.3) is 0 Å². The maximum atomic E-state index is 11.9. The minimum absolute atomic E-state index is 0.0666. The smallest absolute Gasteiger partial charge is 0.323 e. The Labute approximate surface area is 126 Å². The maximum absolute atomic E-state index is 11.9. The molecule has 0 fully saturated rings. The van der Waals surface area contributed by atoms with Crippen LogP contribution < -0.4 is 16.4 Å². The van der Waals surface area contributed by atoms with Crippen LogP contribution >= 0.6 is 15.9 Å². The molecular formula is C15H16BrN3O. The van der Waals surface area contributed by atoms with E-state index >= 15 is 0 Å². The first-order valence-corrected chi connectivity index (χ1v) is 7.03. The van der Waals surface area contributed by atoms with E-state index in [0.717, 1.165) is 10.0 Å². The van der Waals surface area contributed by atoms with Gasteiger partial charge in [-0.3, -0.25) is 0 Å². The van der Waals surface area contributed by atoms with Gasteiger partial charge in [0.15, 0.2) is 0 Å². The number of carbonyl (C=O) groups excluding carboxylic acids is 1. The van der Waals surface area contributed by atoms with Gasteiger partial charge in [-0.1, -0.05) is 24.3 Å². The molecular weight excluding hydrogens is 318 g/mol. The first kappa shape index (κ1) is 14.6. The fourth-order valence-corrected chi connectivity index (χ4v) is 2.13. The fourth-order valence-electron chi connectivity index (χ4n) is 1.75. The Hall–Kier alpha value is -1.85. The Kier molecular flexibility index (Phi) is 4.76. The lowest BCUT2D eigenvalue weighted by atomic mass is 10.1. The second-order valence-electron chi connectivity index (χ2n) is 4.47. The first-order chi connectivity index (χ1) is 9.56. The molecule has 0 aliphatic heterocycles. The molecule has 1 atom stereocenters. The highest BCUT2D eigenvalue weighted by atomic mass is 79.9. The van der Waals surface area contributed by atoms with Crippen LogP contribution in [0.3, 0.4) is 0 Å². The van der Waals surface area contributed by atoms with E-state index in [2.05, 4.69) is 26.6 Å². The zero-order chi connectivity index (χ0) is 14.5. The normalized spacial score (nSPS) is 11.8. The van der Waals surface area contributed by atoms with E-state index in [4.69, 9.17) is 5.73 Å². The Morgan fingerprint density at radius 3 is 2.60 bits per heavy atom. The molecule has 0 saturated heterocycles. The summed E-state index contributed by atoms with van der Waals surface area (Å²) in [6, 6.07) is 14.6. The summed E-state index contributed by atoms with van der Waals surface area (Å²) in [5, 5.41) is 5.57. The number of urea groups is 1. The number of para-hydroxylation sites is 1. The van der Waals surface area contributed by atoms with Gasteiger partial charge in [0.2, 0.25) is 0 Å². The van der Waals surface area contributed by atoms with E-state index in [1.165, 1.54) is 0 Å². The molecule has 0 aliphatic carbocycles. The SMILES string of the molecule is CC(N)c1cccc(NC(=O)Nc2ccccc2Br)c1. The molecule has 4 nitrogen and oxygen atoms in total. The second kappa shape index (κ2) is 6.54. The second-order valence-corrected chi connectivity index (χ2v) is 5.33. The number of halogens is 1. The van der Waals surface area contributed by atoms with Crippen molar-refractivity contribution in [1.29, 1.82) is 0 Å². The molecule has 2 amide bonds. The van der Waals surface area contributed by atoms with Crippen LogP contribution in [0, 0.1) is 0 Å². The van der Waals surface area contributed by atoms with E-state index in [-0.39, 0.29) is 12.1 Å². The molecule has 0 aliphatic rings. The van der Waals surface area contributed by atoms with Crippen molar-refractivity contribution in [3.63, 3.8) is 0 Å². The zero-order valence-electron chi connectivity index (χ0n) is 11.1. The molecule has 2 aromatic rings. The van der Waals surface area contributed by atoms with Crippen molar-refractivity contribution in [1.82, 2.24) is 0 Å². The summed E-state index contributed by atoms with van der Waals surface area (Å²) in [6.45, 7) is 1.90. The Bertz CT molecular complexity index is 614. The number of hydrogen-bond acceptors (Lipinski definition) is 2. The molecule has 1 unspecified atom stereocenters. The van der Waals surface area contributed by atoms with Crippen LogP contribution in [0.5, 0.6) is 0 Å². The molecule has 20 heavy (non-hydrogen) atoms. The summed E-state index contributed by atoms with van der Waals surface area (Å²) in [5.41, 5.74) is 8.23. The van der Waals surface area contributed by atoms with Crippen molar-refractivity contribution in [2.45, 2.75) is 13.0 Å². The van der Waals surface area contributed by atoms with Crippen LogP contribution in [0.15, 0.2) is 53.0 Å². The topological polar surface area (TPSA) is 67.1 Å². The minimum atomic E-state index is -0.293. The third-order valence-electron chi connectivity index (χ3n) is 2.79. The quantitative estimate of drug-likeness (QED) is 0.791. The van der Waals surface area contributed by atoms with Crippen LogP contribution in [0.25, 0.3) is 0 Å². The number of nitrogens with one attached hydrogen (secondary N) is 2. The van der Waals surface area contributed by atoms with Crippen LogP contribution in [0.4, 0.5) is 16.2 Å².